The average Bonchev–Trinajstić information content (AvgIpc) is 2.93. The molecule has 0 unspecified atom stereocenters. The van der Waals surface area contributed by atoms with Gasteiger partial charge in [-0.2, -0.15) is 0 Å². The quantitative estimate of drug-likeness (QED) is 0.463. The van der Waals surface area contributed by atoms with E-state index in [9.17, 15) is 9.59 Å². The summed E-state index contributed by atoms with van der Waals surface area (Å²) in [5.41, 5.74) is 1.09. The fourth-order valence-corrected chi connectivity index (χ4v) is 3.07. The molecule has 0 amide bonds. The summed E-state index contributed by atoms with van der Waals surface area (Å²) in [6.45, 7) is 8.10. The molecular formula is C20H22O6. The lowest BCUT2D eigenvalue weighted by Crippen LogP contribution is -2.24. The van der Waals surface area contributed by atoms with E-state index < -0.39 is 17.8 Å². The molecule has 2 heterocycles. The fourth-order valence-electron chi connectivity index (χ4n) is 3.07. The van der Waals surface area contributed by atoms with Gasteiger partial charge in [-0.1, -0.05) is 20.4 Å². The second-order valence-electron chi connectivity index (χ2n) is 6.75. The van der Waals surface area contributed by atoms with Crippen LogP contribution in [0.1, 0.15) is 31.9 Å². The van der Waals surface area contributed by atoms with E-state index in [2.05, 4.69) is 6.58 Å². The Kier molecular flexibility index (Phi) is 5.13. The number of hydrogen-bond acceptors (Lipinski definition) is 6. The van der Waals surface area contributed by atoms with Gasteiger partial charge < -0.3 is 18.6 Å². The zero-order valence-electron chi connectivity index (χ0n) is 15.1. The van der Waals surface area contributed by atoms with Crippen LogP contribution in [-0.2, 0) is 14.3 Å². The highest BCUT2D eigenvalue weighted by molar-refractivity contribution is 5.83. The average molecular weight is 358 g/mol. The predicted molar refractivity (Wildman–Crippen MR) is 96.2 cm³/mol. The number of esters is 1. The van der Waals surface area contributed by atoms with Crippen molar-refractivity contribution < 1.29 is 23.4 Å². The molecule has 0 saturated carbocycles. The van der Waals surface area contributed by atoms with Crippen molar-refractivity contribution in [1.29, 1.82) is 0 Å². The first-order valence-corrected chi connectivity index (χ1v) is 8.50. The van der Waals surface area contributed by atoms with E-state index in [-0.39, 0.29) is 18.5 Å². The summed E-state index contributed by atoms with van der Waals surface area (Å²) in [5.74, 6) is 0.361. The summed E-state index contributed by atoms with van der Waals surface area (Å²) in [6, 6.07) is 6.60. The zero-order valence-corrected chi connectivity index (χ0v) is 15.1. The lowest BCUT2D eigenvalue weighted by molar-refractivity contribution is -0.151. The lowest BCUT2D eigenvalue weighted by Gasteiger charge is -2.22. The summed E-state index contributed by atoms with van der Waals surface area (Å²) < 4.78 is 22.3. The molecule has 6 nitrogen and oxygen atoms in total. The predicted octanol–water partition coefficient (Wildman–Crippen LogP) is 3.39. The van der Waals surface area contributed by atoms with Gasteiger partial charge in [0.05, 0.1) is 19.3 Å². The van der Waals surface area contributed by atoms with Crippen LogP contribution in [0.25, 0.3) is 11.0 Å². The third kappa shape index (κ3) is 3.51. The third-order valence-electron chi connectivity index (χ3n) is 4.25. The summed E-state index contributed by atoms with van der Waals surface area (Å²) >= 11 is 0. The van der Waals surface area contributed by atoms with Crippen LogP contribution in [0.15, 0.2) is 45.6 Å². The van der Waals surface area contributed by atoms with Gasteiger partial charge in [0.1, 0.15) is 17.4 Å². The van der Waals surface area contributed by atoms with Gasteiger partial charge >= 0.3 is 11.6 Å². The first-order valence-electron chi connectivity index (χ1n) is 8.50. The van der Waals surface area contributed by atoms with Crippen LogP contribution in [0, 0.1) is 5.92 Å². The van der Waals surface area contributed by atoms with Gasteiger partial charge in [0, 0.05) is 17.9 Å². The smallest absolute Gasteiger partial charge is 0.336 e. The Labute approximate surface area is 151 Å². The Morgan fingerprint density at radius 3 is 2.73 bits per heavy atom. The summed E-state index contributed by atoms with van der Waals surface area (Å²) in [6.07, 6.45) is -1.01. The molecule has 2 aromatic rings. The largest absolute Gasteiger partial charge is 0.496 e. The van der Waals surface area contributed by atoms with Crippen molar-refractivity contribution in [2.75, 3.05) is 13.7 Å². The maximum Gasteiger partial charge on any atom is 0.336 e. The summed E-state index contributed by atoms with van der Waals surface area (Å²) in [4.78, 5) is 23.9. The van der Waals surface area contributed by atoms with Gasteiger partial charge in [-0.15, -0.1) is 0 Å². The molecule has 0 aliphatic carbocycles. The minimum absolute atomic E-state index is 0.182. The minimum Gasteiger partial charge on any atom is -0.496 e. The molecule has 1 aromatic carbocycles. The van der Waals surface area contributed by atoms with Crippen molar-refractivity contribution in [3.63, 3.8) is 0 Å². The minimum atomic E-state index is -0.661. The molecule has 0 spiro atoms. The molecule has 0 bridgehead atoms. The fraction of sp³-hybridized carbons (Fsp3) is 0.400. The van der Waals surface area contributed by atoms with E-state index in [0.29, 0.717) is 28.9 Å². The monoisotopic (exact) mass is 358 g/mol. The van der Waals surface area contributed by atoms with Crippen LogP contribution in [-0.4, -0.2) is 25.8 Å². The molecule has 138 valence electrons. The summed E-state index contributed by atoms with van der Waals surface area (Å²) in [7, 11) is 1.52. The van der Waals surface area contributed by atoms with Crippen LogP contribution < -0.4 is 10.4 Å². The SMILES string of the molecule is C=C1CO[C@@H](c2c(OC)ccc3ccc(=O)oc23)[C@@H]1OC(=O)CC(C)C. The third-order valence-corrected chi connectivity index (χ3v) is 4.25. The molecule has 1 saturated heterocycles. The maximum absolute atomic E-state index is 12.2. The van der Waals surface area contributed by atoms with Gasteiger partial charge in [0.2, 0.25) is 0 Å². The van der Waals surface area contributed by atoms with E-state index >= 15 is 0 Å². The summed E-state index contributed by atoms with van der Waals surface area (Å²) in [5, 5.41) is 0.730. The Morgan fingerprint density at radius 1 is 1.31 bits per heavy atom. The molecule has 1 aromatic heterocycles. The molecule has 26 heavy (non-hydrogen) atoms. The van der Waals surface area contributed by atoms with Crippen LogP contribution in [0.3, 0.4) is 0 Å². The number of benzene rings is 1. The molecular weight excluding hydrogens is 336 g/mol. The Morgan fingerprint density at radius 2 is 2.04 bits per heavy atom. The first-order chi connectivity index (χ1) is 12.4. The molecule has 1 aliphatic heterocycles. The second kappa shape index (κ2) is 7.33. The van der Waals surface area contributed by atoms with E-state index in [1.54, 1.807) is 18.2 Å². The van der Waals surface area contributed by atoms with Crippen LogP contribution in [0.5, 0.6) is 5.75 Å². The van der Waals surface area contributed by atoms with Crippen molar-refractivity contribution in [2.45, 2.75) is 32.5 Å². The molecule has 6 heteroatoms. The van der Waals surface area contributed by atoms with Crippen molar-refractivity contribution >= 4 is 16.9 Å². The molecule has 0 N–H and O–H groups in total. The molecule has 0 radical (unpaired) electrons. The highest BCUT2D eigenvalue weighted by atomic mass is 16.6. The van der Waals surface area contributed by atoms with Gasteiger partial charge in [0.15, 0.2) is 6.10 Å². The van der Waals surface area contributed by atoms with Crippen molar-refractivity contribution in [3.8, 4) is 5.75 Å². The first kappa shape index (κ1) is 18.2. The van der Waals surface area contributed by atoms with Crippen LogP contribution in [0.2, 0.25) is 0 Å². The Hall–Kier alpha value is -2.60. The van der Waals surface area contributed by atoms with Gasteiger partial charge in [-0.25, -0.2) is 4.79 Å². The molecule has 1 aliphatic rings. The molecule has 1 fully saturated rings. The van der Waals surface area contributed by atoms with Crippen LogP contribution in [0.4, 0.5) is 0 Å². The number of carbonyl (C=O) groups is 1. The Bertz CT molecular complexity index is 895. The van der Waals surface area contributed by atoms with E-state index in [0.717, 1.165) is 5.39 Å². The van der Waals surface area contributed by atoms with Crippen LogP contribution >= 0.6 is 0 Å². The van der Waals surface area contributed by atoms with E-state index in [1.165, 1.54) is 13.2 Å². The molecule has 2 atom stereocenters. The number of carbonyl (C=O) groups excluding carboxylic acids is 1. The second-order valence-corrected chi connectivity index (χ2v) is 6.75. The standard InChI is InChI=1S/C20H22O6/c1-11(2)9-16(22)26-18-12(3)10-24-20(18)17-14(23-4)7-5-13-6-8-15(21)25-19(13)17/h5-8,11,18,20H,3,9-10H2,1-2,4H3/t18-,20+/m1/s1. The highest BCUT2D eigenvalue weighted by Gasteiger charge is 2.39. The van der Waals surface area contributed by atoms with Crippen molar-refractivity contribution in [2.24, 2.45) is 5.92 Å². The zero-order chi connectivity index (χ0) is 18.8. The topological polar surface area (TPSA) is 75.0 Å². The number of fused-ring (bicyclic) bond motifs is 1. The van der Waals surface area contributed by atoms with Gasteiger partial charge in [-0.05, 0) is 29.7 Å². The van der Waals surface area contributed by atoms with E-state index in [1.807, 2.05) is 13.8 Å². The van der Waals surface area contributed by atoms with E-state index in [4.69, 9.17) is 18.6 Å². The van der Waals surface area contributed by atoms with Crippen molar-refractivity contribution in [3.05, 3.63) is 52.4 Å². The number of methoxy groups -OCH3 is 1. The van der Waals surface area contributed by atoms with Gasteiger partial charge in [0.25, 0.3) is 0 Å². The maximum atomic E-state index is 12.2. The highest BCUT2D eigenvalue weighted by Crippen LogP contribution is 2.42. The lowest BCUT2D eigenvalue weighted by atomic mass is 9.98. The Balaban J connectivity index is 2.06. The van der Waals surface area contributed by atoms with Gasteiger partial charge in [-0.3, -0.25) is 4.79 Å². The molecule has 3 rings (SSSR count). The van der Waals surface area contributed by atoms with Crippen molar-refractivity contribution in [1.82, 2.24) is 0 Å². The number of rotatable bonds is 5. The normalized spacial score (nSPS) is 19.9. The number of hydrogen-bond donors (Lipinski definition) is 0. The number of ether oxygens (including phenoxy) is 3.